The molecule has 0 aliphatic rings. The Hall–Kier alpha value is -2.49. The fourth-order valence-corrected chi connectivity index (χ4v) is 2.46. The maximum Gasteiger partial charge on any atom is 0.337 e. The van der Waals surface area contributed by atoms with Crippen molar-refractivity contribution in [2.45, 2.75) is 78.2 Å². The van der Waals surface area contributed by atoms with Crippen molar-refractivity contribution in [1.29, 1.82) is 0 Å². The Bertz CT molecular complexity index is 551. The van der Waals surface area contributed by atoms with Gasteiger partial charge in [0.1, 0.15) is 0 Å². The molecule has 0 rings (SSSR count). The van der Waals surface area contributed by atoms with Gasteiger partial charge in [0, 0.05) is 12.8 Å². The molecule has 0 bridgehead atoms. The van der Waals surface area contributed by atoms with E-state index in [1.165, 1.54) is 13.8 Å². The topological polar surface area (TPSA) is 175 Å². The highest BCUT2D eigenvalue weighted by molar-refractivity contribution is 5.89. The number of hydrogen-bond acceptors (Lipinski definition) is 7. The molecular formula is C19H32O10. The zero-order valence-corrected chi connectivity index (χ0v) is 17.3. The summed E-state index contributed by atoms with van der Waals surface area (Å²) in [7, 11) is 0. The van der Waals surface area contributed by atoms with E-state index in [4.69, 9.17) is 15.3 Å². The first-order chi connectivity index (χ1) is 13.3. The minimum Gasteiger partial charge on any atom is -0.481 e. The van der Waals surface area contributed by atoms with Gasteiger partial charge >= 0.3 is 29.8 Å². The second kappa shape index (κ2) is 14.5. The van der Waals surface area contributed by atoms with Crippen LogP contribution < -0.4 is 0 Å². The summed E-state index contributed by atoms with van der Waals surface area (Å²) >= 11 is 0. The lowest BCUT2D eigenvalue weighted by atomic mass is 9.77. The number of carboxylic acids is 3. The Morgan fingerprint density at radius 3 is 1.52 bits per heavy atom. The molecule has 4 N–H and O–H groups in total. The first-order valence-electron chi connectivity index (χ1n) is 9.47. The summed E-state index contributed by atoms with van der Waals surface area (Å²) in [5, 5.41) is 35.8. The van der Waals surface area contributed by atoms with Crippen LogP contribution in [0, 0.1) is 11.8 Å². The average molecular weight is 420 g/mol. The molecule has 0 aromatic heterocycles. The predicted molar refractivity (Wildman–Crippen MR) is 101 cm³/mol. The third kappa shape index (κ3) is 11.8. The smallest absolute Gasteiger partial charge is 0.337 e. The number of aliphatic hydroxyl groups is 1. The largest absolute Gasteiger partial charge is 0.481 e. The molecule has 10 nitrogen and oxygen atoms in total. The fraction of sp³-hybridized carbons (Fsp3) is 0.737. The summed E-state index contributed by atoms with van der Waals surface area (Å²) in [4.78, 5) is 54.0. The van der Waals surface area contributed by atoms with Crippen LogP contribution in [0.3, 0.4) is 0 Å². The maximum atomic E-state index is 10.9. The summed E-state index contributed by atoms with van der Waals surface area (Å²) in [6.45, 7) is 6.78. The van der Waals surface area contributed by atoms with Crippen molar-refractivity contribution in [2.24, 2.45) is 11.8 Å². The number of aliphatic carboxylic acids is 3. The highest BCUT2D eigenvalue weighted by atomic mass is 16.6. The molecule has 0 fully saturated rings. The lowest BCUT2D eigenvalue weighted by molar-refractivity contribution is -0.182. The highest BCUT2D eigenvalue weighted by Crippen LogP contribution is 2.29. The normalized spacial score (nSPS) is 13.4. The number of carbonyl (C=O) groups excluding carboxylic acids is 2. The number of unbranched alkanes of at least 4 members (excludes halogenated alkanes) is 2. The Labute approximate surface area is 169 Å². The molecule has 2 unspecified atom stereocenters. The van der Waals surface area contributed by atoms with Crippen LogP contribution in [0.25, 0.3) is 0 Å². The summed E-state index contributed by atoms with van der Waals surface area (Å²) < 4.78 is 4.58. The first-order valence-corrected chi connectivity index (χ1v) is 9.47. The predicted octanol–water partition coefficient (Wildman–Crippen LogP) is 2.07. The Morgan fingerprint density at radius 2 is 1.28 bits per heavy atom. The van der Waals surface area contributed by atoms with E-state index in [0.29, 0.717) is 12.8 Å². The summed E-state index contributed by atoms with van der Waals surface area (Å²) in [5.74, 6) is -8.13. The van der Waals surface area contributed by atoms with Crippen molar-refractivity contribution in [2.75, 3.05) is 0 Å². The molecule has 0 saturated carbocycles. The van der Waals surface area contributed by atoms with Gasteiger partial charge in [-0.25, -0.2) is 4.79 Å². The van der Waals surface area contributed by atoms with Gasteiger partial charge in [0.2, 0.25) is 0 Å². The van der Waals surface area contributed by atoms with E-state index >= 15 is 0 Å². The van der Waals surface area contributed by atoms with E-state index < -0.39 is 41.8 Å². The molecule has 0 heterocycles. The van der Waals surface area contributed by atoms with Crippen molar-refractivity contribution < 1.29 is 49.1 Å². The average Bonchev–Trinajstić information content (AvgIpc) is 2.57. The number of rotatable bonds is 12. The molecular weight excluding hydrogens is 388 g/mol. The second-order valence-electron chi connectivity index (χ2n) is 6.91. The van der Waals surface area contributed by atoms with Gasteiger partial charge in [-0.2, -0.15) is 0 Å². The number of hydrogen-bond donors (Lipinski definition) is 4. The molecule has 2 atom stereocenters. The molecule has 0 saturated heterocycles. The standard InChI is InChI=1S/C10H18O3.C9H14O7/c1-3-5-7-9(11)13-10(12)8-6-4-2;1-4(2)6(7(12)13)9(16,8(14)15)3-5(10)11/h3-8H2,1-2H3;4,6,16H,3H2,1-2H3,(H,10,11)(H,12,13)(H,14,15). The Balaban J connectivity index is 0. The number of esters is 2. The number of ether oxygens (including phenoxy) is 1. The summed E-state index contributed by atoms with van der Waals surface area (Å²) in [6, 6.07) is 0. The van der Waals surface area contributed by atoms with Gasteiger partial charge in [0.25, 0.3) is 0 Å². The van der Waals surface area contributed by atoms with E-state index in [2.05, 4.69) is 4.74 Å². The Kier molecular flexibility index (Phi) is 14.4. The van der Waals surface area contributed by atoms with Gasteiger partial charge in [-0.15, -0.1) is 0 Å². The van der Waals surface area contributed by atoms with Gasteiger partial charge in [-0.1, -0.05) is 40.5 Å². The van der Waals surface area contributed by atoms with E-state index in [1.807, 2.05) is 13.8 Å². The molecule has 0 aromatic rings. The number of carbonyl (C=O) groups is 5. The van der Waals surface area contributed by atoms with Crippen LogP contribution in [-0.4, -0.2) is 55.9 Å². The molecule has 0 aromatic carbocycles. The van der Waals surface area contributed by atoms with E-state index in [-0.39, 0.29) is 11.9 Å². The van der Waals surface area contributed by atoms with Crippen LogP contribution in [0.4, 0.5) is 0 Å². The lowest BCUT2D eigenvalue weighted by Crippen LogP contribution is -2.52. The molecule has 0 aliphatic carbocycles. The summed E-state index contributed by atoms with van der Waals surface area (Å²) in [6.07, 6.45) is 3.02. The first kappa shape index (κ1) is 28.7. The molecule has 0 aliphatic heterocycles. The van der Waals surface area contributed by atoms with E-state index in [0.717, 1.165) is 25.7 Å². The van der Waals surface area contributed by atoms with Crippen molar-refractivity contribution in [3.8, 4) is 0 Å². The molecule has 0 radical (unpaired) electrons. The van der Waals surface area contributed by atoms with Crippen molar-refractivity contribution >= 4 is 29.8 Å². The quantitative estimate of drug-likeness (QED) is 0.270. The molecule has 168 valence electrons. The van der Waals surface area contributed by atoms with Crippen molar-refractivity contribution in [1.82, 2.24) is 0 Å². The Morgan fingerprint density at radius 1 is 0.862 bits per heavy atom. The van der Waals surface area contributed by atoms with Crippen LogP contribution >= 0.6 is 0 Å². The van der Waals surface area contributed by atoms with E-state index in [9.17, 15) is 29.1 Å². The van der Waals surface area contributed by atoms with Crippen LogP contribution in [0.1, 0.15) is 72.6 Å². The summed E-state index contributed by atoms with van der Waals surface area (Å²) in [5.41, 5.74) is -2.80. The van der Waals surface area contributed by atoms with E-state index in [1.54, 1.807) is 0 Å². The zero-order valence-electron chi connectivity index (χ0n) is 17.3. The zero-order chi connectivity index (χ0) is 23.2. The minimum absolute atomic E-state index is 0.356. The van der Waals surface area contributed by atoms with Crippen molar-refractivity contribution in [3.05, 3.63) is 0 Å². The highest BCUT2D eigenvalue weighted by Gasteiger charge is 2.51. The van der Waals surface area contributed by atoms with Gasteiger partial charge in [-0.3, -0.25) is 19.2 Å². The lowest BCUT2D eigenvalue weighted by Gasteiger charge is -2.30. The fourth-order valence-electron chi connectivity index (χ4n) is 2.46. The second-order valence-corrected chi connectivity index (χ2v) is 6.91. The van der Waals surface area contributed by atoms with Gasteiger partial charge < -0.3 is 25.2 Å². The van der Waals surface area contributed by atoms with Crippen LogP contribution in [-0.2, 0) is 28.7 Å². The monoisotopic (exact) mass is 420 g/mol. The molecule has 0 spiro atoms. The minimum atomic E-state index is -2.80. The van der Waals surface area contributed by atoms with Gasteiger partial charge in [-0.05, 0) is 18.8 Å². The maximum absolute atomic E-state index is 10.9. The van der Waals surface area contributed by atoms with Gasteiger partial charge in [0.05, 0.1) is 12.3 Å². The molecule has 29 heavy (non-hydrogen) atoms. The van der Waals surface area contributed by atoms with Gasteiger partial charge in [0.15, 0.2) is 5.60 Å². The molecule has 0 amide bonds. The molecule has 10 heteroatoms. The third-order valence-corrected chi connectivity index (χ3v) is 3.93. The van der Waals surface area contributed by atoms with Crippen LogP contribution in [0.15, 0.2) is 0 Å². The van der Waals surface area contributed by atoms with Crippen molar-refractivity contribution in [3.63, 3.8) is 0 Å². The SMILES string of the molecule is CC(C)C(C(=O)O)C(O)(CC(=O)O)C(=O)O.CCCCC(=O)OC(=O)CCCC. The third-order valence-electron chi connectivity index (χ3n) is 3.93. The van der Waals surface area contributed by atoms with Crippen LogP contribution in [0.5, 0.6) is 0 Å². The van der Waals surface area contributed by atoms with Crippen LogP contribution in [0.2, 0.25) is 0 Å². The number of carboxylic acid groups (broad SMARTS) is 3.